The lowest BCUT2D eigenvalue weighted by Crippen LogP contribution is -2.54. The topological polar surface area (TPSA) is 84.7 Å². The van der Waals surface area contributed by atoms with Gasteiger partial charge in [-0.3, -0.25) is 9.59 Å². The molecule has 0 aromatic heterocycles. The van der Waals surface area contributed by atoms with Gasteiger partial charge in [-0.25, -0.2) is 9.69 Å². The van der Waals surface area contributed by atoms with Gasteiger partial charge in [0, 0.05) is 13.0 Å². The fraction of sp³-hybridized carbons (Fsp3) is 0.444. The van der Waals surface area contributed by atoms with Crippen molar-refractivity contribution in [2.45, 2.75) is 44.1 Å². The smallest absolute Gasteiger partial charge is 0.335 e. The Labute approximate surface area is 157 Å². The molecule has 3 heterocycles. The number of urea groups is 1. The van der Waals surface area contributed by atoms with Crippen molar-refractivity contribution in [1.82, 2.24) is 9.80 Å². The van der Waals surface area contributed by atoms with E-state index in [0.717, 1.165) is 17.0 Å². The number of fused-ring (bicyclic) bond motifs is 5. The van der Waals surface area contributed by atoms with Gasteiger partial charge in [-0.05, 0) is 24.6 Å². The number of amides is 4. The van der Waals surface area contributed by atoms with Crippen molar-refractivity contribution in [2.75, 3.05) is 11.4 Å². The van der Waals surface area contributed by atoms with E-state index in [1.54, 1.807) is 11.8 Å². The van der Waals surface area contributed by atoms with Crippen molar-refractivity contribution in [1.29, 1.82) is 5.26 Å². The van der Waals surface area contributed by atoms with Gasteiger partial charge in [0.15, 0.2) is 0 Å². The molecular formula is C18H15F3N4O3. The first kappa shape index (κ1) is 18.3. The van der Waals surface area contributed by atoms with Crippen molar-refractivity contribution >= 4 is 23.5 Å². The van der Waals surface area contributed by atoms with E-state index in [1.165, 1.54) is 11.0 Å². The highest BCUT2D eigenvalue weighted by Crippen LogP contribution is 2.43. The average Bonchev–Trinajstić information content (AvgIpc) is 3.31. The van der Waals surface area contributed by atoms with Gasteiger partial charge in [0.25, 0.3) is 5.91 Å². The van der Waals surface area contributed by atoms with Crippen LogP contribution in [-0.2, 0) is 15.8 Å². The Morgan fingerprint density at radius 2 is 2.04 bits per heavy atom. The molecule has 146 valence electrons. The summed E-state index contributed by atoms with van der Waals surface area (Å²) in [5.41, 5.74) is -2.02. The number of carbonyl (C=O) groups excluding carboxylic acids is 3. The van der Waals surface area contributed by atoms with Crippen molar-refractivity contribution in [2.24, 2.45) is 0 Å². The van der Waals surface area contributed by atoms with Crippen LogP contribution in [0.3, 0.4) is 0 Å². The first-order chi connectivity index (χ1) is 13.2. The quantitative estimate of drug-likeness (QED) is 0.722. The molecule has 3 atom stereocenters. The van der Waals surface area contributed by atoms with E-state index in [-0.39, 0.29) is 24.1 Å². The third-order valence-corrected chi connectivity index (χ3v) is 5.57. The summed E-state index contributed by atoms with van der Waals surface area (Å²) < 4.78 is 39.7. The second-order valence-corrected chi connectivity index (χ2v) is 7.00. The van der Waals surface area contributed by atoms with E-state index >= 15 is 0 Å². The Bertz CT molecular complexity index is 939. The number of hydrogen-bond donors (Lipinski definition) is 0. The Morgan fingerprint density at radius 3 is 2.64 bits per heavy atom. The minimum absolute atomic E-state index is 0.122. The first-order valence-electron chi connectivity index (χ1n) is 8.76. The van der Waals surface area contributed by atoms with Gasteiger partial charge in [-0.2, -0.15) is 18.4 Å². The second-order valence-electron chi connectivity index (χ2n) is 7.00. The molecule has 4 amide bonds. The largest absolute Gasteiger partial charge is 0.417 e. The van der Waals surface area contributed by atoms with Gasteiger partial charge in [0.1, 0.15) is 6.04 Å². The number of rotatable bonds is 2. The predicted octanol–water partition coefficient (Wildman–Crippen LogP) is 2.11. The van der Waals surface area contributed by atoms with Gasteiger partial charge in [0.2, 0.25) is 5.91 Å². The monoisotopic (exact) mass is 392 g/mol. The molecule has 0 spiro atoms. The molecule has 3 fully saturated rings. The van der Waals surface area contributed by atoms with E-state index in [9.17, 15) is 27.6 Å². The minimum Gasteiger partial charge on any atom is -0.335 e. The summed E-state index contributed by atoms with van der Waals surface area (Å²) in [7, 11) is 0. The van der Waals surface area contributed by atoms with Crippen LogP contribution in [-0.4, -0.2) is 52.3 Å². The van der Waals surface area contributed by atoms with Crippen molar-refractivity contribution < 1.29 is 27.6 Å². The van der Waals surface area contributed by atoms with Gasteiger partial charge < -0.3 is 9.80 Å². The van der Waals surface area contributed by atoms with E-state index in [0.29, 0.717) is 19.0 Å². The van der Waals surface area contributed by atoms with E-state index in [4.69, 9.17) is 5.26 Å². The number of piperazine rings is 1. The summed E-state index contributed by atoms with van der Waals surface area (Å²) in [5.74, 6) is -0.771. The number of carbonyl (C=O) groups is 3. The van der Waals surface area contributed by atoms with Crippen LogP contribution in [0.5, 0.6) is 0 Å². The van der Waals surface area contributed by atoms with Gasteiger partial charge in [0.05, 0.1) is 35.0 Å². The van der Waals surface area contributed by atoms with E-state index < -0.39 is 41.3 Å². The third-order valence-electron chi connectivity index (χ3n) is 5.57. The molecule has 1 aromatic rings. The average molecular weight is 392 g/mol. The summed E-state index contributed by atoms with van der Waals surface area (Å²) in [5, 5.41) is 8.91. The van der Waals surface area contributed by atoms with Crippen LogP contribution in [0.2, 0.25) is 0 Å². The normalized spacial score (nSPS) is 26.1. The number of alkyl halides is 3. The third kappa shape index (κ3) is 2.38. The van der Waals surface area contributed by atoms with Crippen molar-refractivity contribution in [3.05, 3.63) is 29.3 Å². The number of benzene rings is 1. The zero-order chi connectivity index (χ0) is 20.4. The molecule has 3 unspecified atom stereocenters. The Balaban J connectivity index is 1.71. The van der Waals surface area contributed by atoms with Gasteiger partial charge in [-0.1, -0.05) is 6.92 Å². The molecule has 2 bridgehead atoms. The summed E-state index contributed by atoms with van der Waals surface area (Å²) >= 11 is 0. The summed E-state index contributed by atoms with van der Waals surface area (Å²) in [6.45, 7) is 2.03. The molecule has 0 N–H and O–H groups in total. The van der Waals surface area contributed by atoms with Crippen molar-refractivity contribution in [3.63, 3.8) is 0 Å². The maximum Gasteiger partial charge on any atom is 0.417 e. The summed E-state index contributed by atoms with van der Waals surface area (Å²) in [6.07, 6.45) is -4.04. The Kier molecular flexibility index (Phi) is 3.89. The van der Waals surface area contributed by atoms with Crippen LogP contribution in [0.1, 0.15) is 30.9 Å². The molecule has 3 aliphatic heterocycles. The van der Waals surface area contributed by atoms with Crippen LogP contribution in [0.25, 0.3) is 0 Å². The zero-order valence-corrected chi connectivity index (χ0v) is 14.7. The van der Waals surface area contributed by atoms with E-state index in [1.807, 2.05) is 0 Å². The number of halogens is 3. The number of anilines is 1. The second kappa shape index (κ2) is 5.95. The fourth-order valence-corrected chi connectivity index (χ4v) is 4.39. The lowest BCUT2D eigenvalue weighted by molar-refractivity contribution is -0.138. The highest BCUT2D eigenvalue weighted by Gasteiger charge is 2.62. The molecular weight excluding hydrogens is 377 g/mol. The molecule has 10 heteroatoms. The maximum atomic E-state index is 13.2. The lowest BCUT2D eigenvalue weighted by Gasteiger charge is -2.34. The van der Waals surface area contributed by atoms with Crippen LogP contribution in [0, 0.1) is 11.3 Å². The molecule has 0 aliphatic carbocycles. The fourth-order valence-electron chi connectivity index (χ4n) is 4.39. The number of nitriles is 1. The highest BCUT2D eigenvalue weighted by molar-refractivity contribution is 6.22. The minimum atomic E-state index is -4.80. The standard InChI is InChI=1S/C18H15F3N4O3/c1-2-14(26)23-8-11-6-13(23)15-16(27)25(17(28)24(11)15)10-4-3-9(7-22)12(5-10)18(19,20)21/h3-5,11,13,15H,2,6,8H2,1H3. The number of likely N-dealkylation sites (tertiary alicyclic amines) is 1. The number of nitrogens with zero attached hydrogens (tertiary/aromatic N) is 4. The van der Waals surface area contributed by atoms with Crippen LogP contribution in [0.4, 0.5) is 23.7 Å². The lowest BCUT2D eigenvalue weighted by atomic mass is 10.1. The molecule has 4 rings (SSSR count). The zero-order valence-electron chi connectivity index (χ0n) is 14.7. The molecule has 0 saturated carbocycles. The highest BCUT2D eigenvalue weighted by atomic mass is 19.4. The molecule has 0 radical (unpaired) electrons. The number of hydrogen-bond acceptors (Lipinski definition) is 4. The molecule has 3 saturated heterocycles. The van der Waals surface area contributed by atoms with Gasteiger partial charge >= 0.3 is 12.2 Å². The molecule has 28 heavy (non-hydrogen) atoms. The number of imide groups is 1. The molecule has 3 aliphatic rings. The van der Waals surface area contributed by atoms with Crippen molar-refractivity contribution in [3.8, 4) is 6.07 Å². The SMILES string of the molecule is CCC(=O)N1CC2CC1C1C(=O)N(c3ccc(C#N)c(C(F)(F)F)c3)C(=O)N21. The van der Waals surface area contributed by atoms with Crippen LogP contribution in [0.15, 0.2) is 18.2 Å². The summed E-state index contributed by atoms with van der Waals surface area (Å²) in [6, 6.07) is 1.86. The van der Waals surface area contributed by atoms with Gasteiger partial charge in [-0.15, -0.1) is 0 Å². The Hall–Kier alpha value is -3.09. The Morgan fingerprint density at radius 1 is 1.32 bits per heavy atom. The first-order valence-corrected chi connectivity index (χ1v) is 8.76. The van der Waals surface area contributed by atoms with Crippen LogP contribution >= 0.6 is 0 Å². The maximum absolute atomic E-state index is 13.2. The van der Waals surface area contributed by atoms with E-state index in [2.05, 4.69) is 0 Å². The molecule has 7 nitrogen and oxygen atoms in total. The molecule has 1 aromatic carbocycles. The summed E-state index contributed by atoms with van der Waals surface area (Å²) in [4.78, 5) is 41.5. The predicted molar refractivity (Wildman–Crippen MR) is 88.9 cm³/mol. The van der Waals surface area contributed by atoms with Crippen LogP contribution < -0.4 is 4.90 Å².